The highest BCUT2D eigenvalue weighted by Crippen LogP contribution is 2.18. The number of nitrogens with zero attached hydrogens (tertiary/aromatic N) is 1. The lowest BCUT2D eigenvalue weighted by Gasteiger charge is -2.17. The topological polar surface area (TPSA) is 90.5 Å². The van der Waals surface area contributed by atoms with Gasteiger partial charge in [0, 0.05) is 36.6 Å². The van der Waals surface area contributed by atoms with Gasteiger partial charge in [-0.05, 0) is 36.8 Å². The first kappa shape index (κ1) is 20.7. The Morgan fingerprint density at radius 2 is 1.69 bits per heavy atom. The molecule has 4 amide bonds. The van der Waals surface area contributed by atoms with Crippen LogP contribution in [0.15, 0.2) is 54.6 Å². The van der Waals surface area contributed by atoms with Crippen LogP contribution in [-0.2, 0) is 4.79 Å². The van der Waals surface area contributed by atoms with Gasteiger partial charge in [0.25, 0.3) is 5.24 Å². The van der Waals surface area contributed by atoms with E-state index in [1.54, 1.807) is 17.0 Å². The van der Waals surface area contributed by atoms with Crippen molar-refractivity contribution in [3.8, 4) is 0 Å². The fraction of sp³-hybridized carbons (Fsp3) is 0.286. The number of rotatable bonds is 7. The number of para-hydroxylation sites is 1. The van der Waals surface area contributed by atoms with Crippen LogP contribution in [0.25, 0.3) is 0 Å². The van der Waals surface area contributed by atoms with E-state index in [0.717, 1.165) is 11.3 Å². The molecule has 0 radical (unpaired) electrons. The van der Waals surface area contributed by atoms with E-state index < -0.39 is 0 Å². The Morgan fingerprint density at radius 3 is 2.31 bits per heavy atom. The van der Waals surface area contributed by atoms with E-state index in [4.69, 9.17) is 0 Å². The standard InChI is InChI=1S/C21H24N4O3S/c1-15(22-19(26)11-12-25-13-14-29-21(25)28)16-7-9-18(10-8-16)24-20(27)23-17-5-3-2-4-6-17/h2-10,15H,11-14H2,1H3,(H,22,26)(H2,23,24,27). The van der Waals surface area contributed by atoms with E-state index in [1.807, 2.05) is 49.4 Å². The maximum absolute atomic E-state index is 12.2. The predicted molar refractivity (Wildman–Crippen MR) is 116 cm³/mol. The Kier molecular flexibility index (Phi) is 7.13. The number of carbonyl (C=O) groups excluding carboxylic acids is 3. The van der Waals surface area contributed by atoms with E-state index in [2.05, 4.69) is 16.0 Å². The van der Waals surface area contributed by atoms with Crippen molar-refractivity contribution in [2.75, 3.05) is 29.5 Å². The van der Waals surface area contributed by atoms with Crippen molar-refractivity contribution >= 4 is 40.3 Å². The molecule has 0 aliphatic carbocycles. The van der Waals surface area contributed by atoms with Crippen molar-refractivity contribution in [3.63, 3.8) is 0 Å². The Bertz CT molecular complexity index is 858. The zero-order valence-corrected chi connectivity index (χ0v) is 17.0. The summed E-state index contributed by atoms with van der Waals surface area (Å²) in [5, 5.41) is 8.52. The first-order chi connectivity index (χ1) is 14.0. The zero-order chi connectivity index (χ0) is 20.6. The normalized spacial score (nSPS) is 14.4. The molecule has 2 aromatic rings. The molecule has 1 saturated heterocycles. The second kappa shape index (κ2) is 9.97. The summed E-state index contributed by atoms with van der Waals surface area (Å²) in [4.78, 5) is 37.5. The van der Waals surface area contributed by atoms with Crippen LogP contribution in [-0.4, -0.2) is 40.9 Å². The lowest BCUT2D eigenvalue weighted by molar-refractivity contribution is -0.121. The fourth-order valence-electron chi connectivity index (χ4n) is 2.93. The third kappa shape index (κ3) is 6.25. The molecule has 1 aliphatic heterocycles. The predicted octanol–water partition coefficient (Wildman–Crippen LogP) is 4.07. The number of nitrogens with one attached hydrogen (secondary N) is 3. The summed E-state index contributed by atoms with van der Waals surface area (Å²) >= 11 is 1.29. The van der Waals surface area contributed by atoms with Crippen LogP contribution in [0.3, 0.4) is 0 Å². The molecule has 0 aromatic heterocycles. The van der Waals surface area contributed by atoms with Gasteiger partial charge in [0.05, 0.1) is 6.04 Å². The highest BCUT2D eigenvalue weighted by molar-refractivity contribution is 8.13. The van der Waals surface area contributed by atoms with Gasteiger partial charge in [0.15, 0.2) is 0 Å². The minimum Gasteiger partial charge on any atom is -0.350 e. The van der Waals surface area contributed by atoms with Crippen LogP contribution in [0.2, 0.25) is 0 Å². The van der Waals surface area contributed by atoms with Crippen molar-refractivity contribution in [1.29, 1.82) is 0 Å². The molecular weight excluding hydrogens is 388 g/mol. The van der Waals surface area contributed by atoms with Gasteiger partial charge in [-0.15, -0.1) is 0 Å². The van der Waals surface area contributed by atoms with Crippen LogP contribution in [0.4, 0.5) is 21.0 Å². The van der Waals surface area contributed by atoms with Crippen molar-refractivity contribution < 1.29 is 14.4 Å². The van der Waals surface area contributed by atoms with Gasteiger partial charge in [0.2, 0.25) is 5.91 Å². The molecule has 1 heterocycles. The Labute approximate surface area is 174 Å². The molecule has 7 nitrogen and oxygen atoms in total. The number of amides is 4. The number of anilines is 2. The van der Waals surface area contributed by atoms with Gasteiger partial charge < -0.3 is 20.9 Å². The van der Waals surface area contributed by atoms with E-state index in [0.29, 0.717) is 24.5 Å². The minimum absolute atomic E-state index is 0.0465. The summed E-state index contributed by atoms with van der Waals surface area (Å²) in [5.41, 5.74) is 2.30. The van der Waals surface area contributed by atoms with Crippen molar-refractivity contribution in [1.82, 2.24) is 10.2 Å². The van der Waals surface area contributed by atoms with E-state index in [9.17, 15) is 14.4 Å². The van der Waals surface area contributed by atoms with Gasteiger partial charge in [-0.1, -0.05) is 42.1 Å². The third-order valence-electron chi connectivity index (χ3n) is 4.53. The molecule has 0 saturated carbocycles. The van der Waals surface area contributed by atoms with Gasteiger partial charge in [0.1, 0.15) is 0 Å². The first-order valence-corrected chi connectivity index (χ1v) is 10.4. The lowest BCUT2D eigenvalue weighted by Crippen LogP contribution is -2.32. The Hall–Kier alpha value is -3.00. The Balaban J connectivity index is 1.45. The van der Waals surface area contributed by atoms with E-state index >= 15 is 0 Å². The highest BCUT2D eigenvalue weighted by atomic mass is 32.2. The largest absolute Gasteiger partial charge is 0.350 e. The summed E-state index contributed by atoms with van der Waals surface area (Å²) in [6.07, 6.45) is 0.288. The molecule has 152 valence electrons. The summed E-state index contributed by atoms with van der Waals surface area (Å²) in [7, 11) is 0. The smallest absolute Gasteiger partial charge is 0.323 e. The van der Waals surface area contributed by atoms with Crippen LogP contribution < -0.4 is 16.0 Å². The molecule has 0 spiro atoms. The molecule has 1 unspecified atom stereocenters. The molecule has 8 heteroatoms. The van der Waals surface area contributed by atoms with Gasteiger partial charge >= 0.3 is 6.03 Å². The van der Waals surface area contributed by atoms with Crippen LogP contribution in [0.1, 0.15) is 24.9 Å². The summed E-state index contributed by atoms with van der Waals surface area (Å²) < 4.78 is 0. The number of carbonyl (C=O) groups is 3. The van der Waals surface area contributed by atoms with Gasteiger partial charge in [-0.25, -0.2) is 4.79 Å². The molecule has 1 aliphatic rings. The van der Waals surface area contributed by atoms with Crippen LogP contribution in [0.5, 0.6) is 0 Å². The maximum atomic E-state index is 12.2. The van der Waals surface area contributed by atoms with Gasteiger partial charge in [-0.2, -0.15) is 0 Å². The van der Waals surface area contributed by atoms with Crippen LogP contribution >= 0.6 is 11.8 Å². The highest BCUT2D eigenvalue weighted by Gasteiger charge is 2.21. The molecule has 3 rings (SSSR count). The number of hydrogen-bond donors (Lipinski definition) is 3. The summed E-state index contributed by atoms with van der Waals surface area (Å²) in [5.74, 6) is 0.701. The number of urea groups is 1. The number of benzene rings is 2. The average Bonchev–Trinajstić information content (AvgIpc) is 3.12. The number of thioether (sulfide) groups is 1. The molecule has 3 N–H and O–H groups in total. The molecule has 29 heavy (non-hydrogen) atoms. The second-order valence-corrected chi connectivity index (χ2v) is 7.75. The SMILES string of the molecule is CC(NC(=O)CCN1CCSC1=O)c1ccc(NC(=O)Nc2ccccc2)cc1. The van der Waals surface area contributed by atoms with E-state index in [1.165, 1.54) is 11.8 Å². The summed E-state index contributed by atoms with van der Waals surface area (Å²) in [6.45, 7) is 3.06. The van der Waals surface area contributed by atoms with Crippen molar-refractivity contribution in [2.45, 2.75) is 19.4 Å². The molecule has 2 aromatic carbocycles. The molecule has 1 fully saturated rings. The van der Waals surface area contributed by atoms with Gasteiger partial charge in [-0.3, -0.25) is 9.59 Å². The zero-order valence-electron chi connectivity index (χ0n) is 16.2. The fourth-order valence-corrected chi connectivity index (χ4v) is 3.78. The third-order valence-corrected chi connectivity index (χ3v) is 5.42. The monoisotopic (exact) mass is 412 g/mol. The van der Waals surface area contributed by atoms with E-state index in [-0.39, 0.29) is 29.6 Å². The van der Waals surface area contributed by atoms with Crippen molar-refractivity contribution in [3.05, 3.63) is 60.2 Å². The quantitative estimate of drug-likeness (QED) is 0.639. The summed E-state index contributed by atoms with van der Waals surface area (Å²) in [6, 6.07) is 16.0. The first-order valence-electron chi connectivity index (χ1n) is 9.45. The Morgan fingerprint density at radius 1 is 1.03 bits per heavy atom. The number of hydrogen-bond acceptors (Lipinski definition) is 4. The second-order valence-electron chi connectivity index (χ2n) is 6.71. The van der Waals surface area contributed by atoms with Crippen LogP contribution in [0, 0.1) is 0 Å². The minimum atomic E-state index is -0.320. The maximum Gasteiger partial charge on any atom is 0.323 e. The average molecular weight is 413 g/mol. The molecular formula is C21H24N4O3S. The molecule has 0 bridgehead atoms. The molecule has 1 atom stereocenters. The van der Waals surface area contributed by atoms with Crippen molar-refractivity contribution in [2.24, 2.45) is 0 Å². The lowest BCUT2D eigenvalue weighted by atomic mass is 10.1.